The van der Waals surface area contributed by atoms with Crippen molar-refractivity contribution in [3.8, 4) is 0 Å². The van der Waals surface area contributed by atoms with Gasteiger partial charge in [-0.15, -0.1) is 0 Å². The number of hydrogen-bond acceptors (Lipinski definition) is 3. The van der Waals surface area contributed by atoms with Crippen LogP contribution in [0.5, 0.6) is 0 Å². The van der Waals surface area contributed by atoms with Crippen LogP contribution in [0, 0.1) is 0 Å². The third kappa shape index (κ3) is 3.24. The Morgan fingerprint density at radius 1 is 1.24 bits per heavy atom. The molecule has 1 fully saturated rings. The molecular weight excluding hydrogens is 266 g/mol. The molecule has 0 aliphatic heterocycles. The molecule has 2 aliphatic rings. The molecule has 3 N–H and O–H groups in total. The lowest BCUT2D eigenvalue weighted by Crippen LogP contribution is -2.44. The SMILES string of the molecule is NC(=O)NC(=O)CN(C1CC1)[C@H]1CCCc2ccccc21. The maximum Gasteiger partial charge on any atom is 0.318 e. The molecule has 5 heteroatoms. The van der Waals surface area contributed by atoms with Gasteiger partial charge >= 0.3 is 6.03 Å². The molecule has 0 heterocycles. The molecule has 0 bridgehead atoms. The number of nitrogens with one attached hydrogen (secondary N) is 1. The maximum absolute atomic E-state index is 11.9. The number of imide groups is 1. The quantitative estimate of drug-likeness (QED) is 0.885. The Bertz CT molecular complexity index is 554. The summed E-state index contributed by atoms with van der Waals surface area (Å²) in [6, 6.07) is 8.44. The van der Waals surface area contributed by atoms with Gasteiger partial charge in [0.25, 0.3) is 0 Å². The number of benzene rings is 1. The summed E-state index contributed by atoms with van der Waals surface area (Å²) in [5, 5.41) is 2.18. The molecule has 21 heavy (non-hydrogen) atoms. The minimum atomic E-state index is -0.778. The molecule has 0 radical (unpaired) electrons. The third-order valence-corrected chi connectivity index (χ3v) is 4.34. The fourth-order valence-corrected chi connectivity index (χ4v) is 3.32. The molecule has 1 aromatic carbocycles. The fourth-order valence-electron chi connectivity index (χ4n) is 3.32. The molecule has 5 nitrogen and oxygen atoms in total. The van der Waals surface area contributed by atoms with Gasteiger partial charge in [-0.2, -0.15) is 0 Å². The first-order valence-electron chi connectivity index (χ1n) is 7.58. The first-order chi connectivity index (χ1) is 10.1. The van der Waals surface area contributed by atoms with Crippen molar-refractivity contribution in [1.29, 1.82) is 0 Å². The zero-order valence-corrected chi connectivity index (χ0v) is 12.0. The second kappa shape index (κ2) is 5.85. The lowest BCUT2D eigenvalue weighted by atomic mass is 9.86. The van der Waals surface area contributed by atoms with Crippen molar-refractivity contribution >= 4 is 11.9 Å². The summed E-state index contributed by atoms with van der Waals surface area (Å²) < 4.78 is 0. The van der Waals surface area contributed by atoms with Crippen molar-refractivity contribution in [3.63, 3.8) is 0 Å². The van der Waals surface area contributed by atoms with E-state index in [0.717, 1.165) is 32.1 Å². The Kier molecular flexibility index (Phi) is 3.92. The van der Waals surface area contributed by atoms with Crippen molar-refractivity contribution in [3.05, 3.63) is 35.4 Å². The second-order valence-electron chi connectivity index (χ2n) is 5.92. The van der Waals surface area contributed by atoms with Crippen LogP contribution < -0.4 is 11.1 Å². The molecule has 3 amide bonds. The van der Waals surface area contributed by atoms with E-state index in [1.54, 1.807) is 0 Å². The Morgan fingerprint density at radius 2 is 2.00 bits per heavy atom. The van der Waals surface area contributed by atoms with Crippen LogP contribution in [0.15, 0.2) is 24.3 Å². The maximum atomic E-state index is 11.9. The van der Waals surface area contributed by atoms with Crippen molar-refractivity contribution in [2.24, 2.45) is 5.73 Å². The van der Waals surface area contributed by atoms with E-state index in [0.29, 0.717) is 6.04 Å². The zero-order valence-electron chi connectivity index (χ0n) is 12.0. The highest BCUT2D eigenvalue weighted by Crippen LogP contribution is 2.40. The number of aryl methyl sites for hydroxylation is 1. The molecule has 112 valence electrons. The smallest absolute Gasteiger partial charge is 0.318 e. The molecule has 1 aromatic rings. The van der Waals surface area contributed by atoms with Crippen molar-refractivity contribution < 1.29 is 9.59 Å². The van der Waals surface area contributed by atoms with Crippen LogP contribution in [-0.4, -0.2) is 29.4 Å². The molecule has 0 unspecified atom stereocenters. The molecular formula is C16H21N3O2. The molecule has 1 saturated carbocycles. The average molecular weight is 287 g/mol. The van der Waals surface area contributed by atoms with E-state index < -0.39 is 6.03 Å². The molecule has 2 aliphatic carbocycles. The number of amides is 3. The second-order valence-corrected chi connectivity index (χ2v) is 5.92. The normalized spacial score (nSPS) is 20.9. The Hall–Kier alpha value is -1.88. The topological polar surface area (TPSA) is 75.4 Å². The summed E-state index contributed by atoms with van der Waals surface area (Å²) in [4.78, 5) is 25.0. The first kappa shape index (κ1) is 14.1. The van der Waals surface area contributed by atoms with Gasteiger partial charge < -0.3 is 5.73 Å². The van der Waals surface area contributed by atoms with Gasteiger partial charge in [0.1, 0.15) is 0 Å². The van der Waals surface area contributed by atoms with Gasteiger partial charge in [0.15, 0.2) is 0 Å². The van der Waals surface area contributed by atoms with Crippen LogP contribution in [0.3, 0.4) is 0 Å². The van der Waals surface area contributed by atoms with Crippen molar-refractivity contribution in [1.82, 2.24) is 10.2 Å². The van der Waals surface area contributed by atoms with E-state index in [9.17, 15) is 9.59 Å². The molecule has 0 aromatic heterocycles. The highest BCUT2D eigenvalue weighted by Gasteiger charge is 2.37. The number of carbonyl (C=O) groups is 2. The number of carbonyl (C=O) groups excluding carboxylic acids is 2. The highest BCUT2D eigenvalue weighted by molar-refractivity contribution is 5.94. The third-order valence-electron chi connectivity index (χ3n) is 4.34. The van der Waals surface area contributed by atoms with E-state index in [-0.39, 0.29) is 18.5 Å². The molecule has 0 spiro atoms. The summed E-state index contributed by atoms with van der Waals surface area (Å²) in [5.74, 6) is -0.308. The Morgan fingerprint density at radius 3 is 2.71 bits per heavy atom. The number of fused-ring (bicyclic) bond motifs is 1. The number of hydrogen-bond donors (Lipinski definition) is 2. The highest BCUT2D eigenvalue weighted by atomic mass is 16.2. The van der Waals surface area contributed by atoms with Gasteiger partial charge in [-0.3, -0.25) is 15.0 Å². The largest absolute Gasteiger partial charge is 0.351 e. The molecule has 0 saturated heterocycles. The van der Waals surface area contributed by atoms with Crippen LogP contribution in [0.1, 0.15) is 42.9 Å². The average Bonchev–Trinajstić information content (AvgIpc) is 3.28. The van der Waals surface area contributed by atoms with Gasteiger partial charge in [-0.25, -0.2) is 4.79 Å². The van der Waals surface area contributed by atoms with Gasteiger partial charge in [0, 0.05) is 12.1 Å². The number of primary amides is 1. The van der Waals surface area contributed by atoms with E-state index in [1.165, 1.54) is 11.1 Å². The minimum Gasteiger partial charge on any atom is -0.351 e. The number of nitrogens with two attached hydrogens (primary N) is 1. The lowest BCUT2D eigenvalue weighted by molar-refractivity contribution is -0.122. The van der Waals surface area contributed by atoms with Gasteiger partial charge in [-0.1, -0.05) is 24.3 Å². The summed E-state index contributed by atoms with van der Waals surface area (Å²) in [6.07, 6.45) is 5.57. The fraction of sp³-hybridized carbons (Fsp3) is 0.500. The molecule has 1 atom stereocenters. The van der Waals surface area contributed by atoms with E-state index in [2.05, 4.69) is 34.5 Å². The zero-order chi connectivity index (χ0) is 14.8. The van der Waals surface area contributed by atoms with Crippen LogP contribution in [-0.2, 0) is 11.2 Å². The van der Waals surface area contributed by atoms with Gasteiger partial charge in [0.2, 0.25) is 5.91 Å². The number of nitrogens with zero attached hydrogens (tertiary/aromatic N) is 1. The van der Waals surface area contributed by atoms with Crippen LogP contribution in [0.25, 0.3) is 0 Å². The van der Waals surface area contributed by atoms with E-state index >= 15 is 0 Å². The Labute approximate surface area is 124 Å². The number of rotatable bonds is 4. The first-order valence-corrected chi connectivity index (χ1v) is 7.58. The van der Waals surface area contributed by atoms with E-state index in [4.69, 9.17) is 5.73 Å². The lowest BCUT2D eigenvalue weighted by Gasteiger charge is -2.35. The van der Waals surface area contributed by atoms with Gasteiger partial charge in [-0.05, 0) is 43.2 Å². The molecule has 3 rings (SSSR count). The minimum absolute atomic E-state index is 0.243. The van der Waals surface area contributed by atoms with Crippen molar-refractivity contribution in [2.75, 3.05) is 6.54 Å². The summed E-state index contributed by atoms with van der Waals surface area (Å²) in [7, 11) is 0. The predicted molar refractivity (Wildman–Crippen MR) is 79.6 cm³/mol. The summed E-state index contributed by atoms with van der Waals surface area (Å²) in [6.45, 7) is 0.243. The van der Waals surface area contributed by atoms with Crippen LogP contribution in [0.2, 0.25) is 0 Å². The van der Waals surface area contributed by atoms with Gasteiger partial charge in [0.05, 0.1) is 6.54 Å². The van der Waals surface area contributed by atoms with Crippen molar-refractivity contribution in [2.45, 2.75) is 44.2 Å². The summed E-state index contributed by atoms with van der Waals surface area (Å²) in [5.41, 5.74) is 7.75. The monoisotopic (exact) mass is 287 g/mol. The Balaban J connectivity index is 1.79. The van der Waals surface area contributed by atoms with Crippen LogP contribution >= 0.6 is 0 Å². The standard InChI is InChI=1S/C16H21N3O2/c17-16(21)18-15(20)10-19(12-8-9-12)14-7-3-5-11-4-1-2-6-13(11)14/h1-2,4,6,12,14H,3,5,7-10H2,(H3,17,18,20,21)/t14-/m0/s1. The number of urea groups is 1. The van der Waals surface area contributed by atoms with E-state index in [1.807, 2.05) is 0 Å². The summed E-state index contributed by atoms with van der Waals surface area (Å²) >= 11 is 0. The predicted octanol–water partition coefficient (Wildman–Crippen LogP) is 1.72. The van der Waals surface area contributed by atoms with Crippen LogP contribution in [0.4, 0.5) is 4.79 Å².